The van der Waals surface area contributed by atoms with Gasteiger partial charge < -0.3 is 4.90 Å². The Morgan fingerprint density at radius 3 is 2.48 bits per heavy atom. The van der Waals surface area contributed by atoms with E-state index in [1.54, 1.807) is 0 Å². The first-order valence-electron chi connectivity index (χ1n) is 11.7. The van der Waals surface area contributed by atoms with Crippen LogP contribution in [0.5, 0.6) is 0 Å². The minimum atomic E-state index is -0.172. The molecule has 3 aromatic rings. The normalized spacial score (nSPS) is 17.8. The molecule has 2 amide bonds. The molecular formula is C27H28N4O2. The summed E-state index contributed by atoms with van der Waals surface area (Å²) < 4.78 is 0. The number of rotatable bonds is 5. The van der Waals surface area contributed by atoms with Crippen molar-refractivity contribution in [3.63, 3.8) is 0 Å². The van der Waals surface area contributed by atoms with Gasteiger partial charge in [-0.1, -0.05) is 48.5 Å². The maximum Gasteiger partial charge on any atom is 0.254 e. The largest absolute Gasteiger partial charge is 0.328 e. The Morgan fingerprint density at radius 2 is 1.73 bits per heavy atom. The van der Waals surface area contributed by atoms with Crippen LogP contribution in [-0.4, -0.2) is 39.8 Å². The number of benzene rings is 2. The van der Waals surface area contributed by atoms with Crippen LogP contribution < -0.4 is 4.90 Å². The van der Waals surface area contributed by atoms with E-state index in [0.29, 0.717) is 37.3 Å². The summed E-state index contributed by atoms with van der Waals surface area (Å²) in [4.78, 5) is 39.5. The molecule has 0 N–H and O–H groups in total. The Bertz CT molecular complexity index is 1160. The summed E-state index contributed by atoms with van der Waals surface area (Å²) in [7, 11) is 0. The molecule has 2 aliphatic rings. The average Bonchev–Trinajstić information content (AvgIpc) is 3.34. The molecule has 1 aromatic heterocycles. The molecule has 0 radical (unpaired) electrons. The third kappa shape index (κ3) is 4.25. The summed E-state index contributed by atoms with van der Waals surface area (Å²) in [6.07, 6.45) is 3.66. The van der Waals surface area contributed by atoms with Crippen LogP contribution in [0.4, 0.5) is 5.82 Å². The molecule has 0 spiro atoms. The van der Waals surface area contributed by atoms with Gasteiger partial charge in [0.1, 0.15) is 5.82 Å². The smallest absolute Gasteiger partial charge is 0.254 e. The second-order valence-corrected chi connectivity index (χ2v) is 8.77. The minimum absolute atomic E-state index is 0.00841. The Balaban J connectivity index is 1.45. The van der Waals surface area contributed by atoms with Crippen molar-refractivity contribution in [1.82, 2.24) is 14.9 Å². The van der Waals surface area contributed by atoms with E-state index in [1.807, 2.05) is 65.3 Å². The molecule has 6 nitrogen and oxygen atoms in total. The lowest BCUT2D eigenvalue weighted by molar-refractivity contribution is -0.118. The molecule has 1 saturated heterocycles. The number of fused-ring (bicyclic) bond motifs is 1. The number of aryl methyl sites for hydroxylation is 1. The molecule has 6 heteroatoms. The van der Waals surface area contributed by atoms with Gasteiger partial charge in [0.25, 0.3) is 5.91 Å². The Kier molecular flexibility index (Phi) is 5.90. The molecule has 1 atom stereocenters. The number of carbonyl (C=O) groups excluding carboxylic acids is 2. The third-order valence-electron chi connectivity index (χ3n) is 6.65. The van der Waals surface area contributed by atoms with Gasteiger partial charge in [0, 0.05) is 36.3 Å². The molecule has 33 heavy (non-hydrogen) atoms. The van der Waals surface area contributed by atoms with Gasteiger partial charge in [-0.3, -0.25) is 14.5 Å². The number of carbonyl (C=O) groups is 2. The Hall–Kier alpha value is -3.54. The highest BCUT2D eigenvalue weighted by molar-refractivity contribution is 5.96. The fourth-order valence-corrected chi connectivity index (χ4v) is 4.89. The van der Waals surface area contributed by atoms with Crippen molar-refractivity contribution in [3.05, 3.63) is 88.9 Å². The number of hydrogen-bond donors (Lipinski definition) is 0. The van der Waals surface area contributed by atoms with E-state index >= 15 is 0 Å². The number of amides is 2. The van der Waals surface area contributed by atoms with Gasteiger partial charge >= 0.3 is 0 Å². The first-order chi connectivity index (χ1) is 16.1. The van der Waals surface area contributed by atoms with E-state index in [2.05, 4.69) is 12.1 Å². The summed E-state index contributed by atoms with van der Waals surface area (Å²) in [5.74, 6) is 1.48. The van der Waals surface area contributed by atoms with Crippen LogP contribution in [0.15, 0.2) is 60.7 Å². The number of nitrogens with zero attached hydrogens (tertiary/aromatic N) is 4. The third-order valence-corrected chi connectivity index (χ3v) is 6.65. The second-order valence-electron chi connectivity index (χ2n) is 8.77. The molecule has 2 aliphatic heterocycles. The zero-order valence-electron chi connectivity index (χ0n) is 18.9. The summed E-state index contributed by atoms with van der Waals surface area (Å²) >= 11 is 0. The Morgan fingerprint density at radius 1 is 1.00 bits per heavy atom. The van der Waals surface area contributed by atoms with Crippen LogP contribution in [0.1, 0.15) is 58.3 Å². The molecule has 2 aromatic carbocycles. The van der Waals surface area contributed by atoms with Crippen molar-refractivity contribution in [2.45, 2.75) is 45.1 Å². The highest BCUT2D eigenvalue weighted by atomic mass is 16.2. The topological polar surface area (TPSA) is 66.4 Å². The zero-order valence-corrected chi connectivity index (χ0v) is 18.9. The number of anilines is 1. The van der Waals surface area contributed by atoms with Gasteiger partial charge in [0.05, 0.1) is 6.04 Å². The fraction of sp³-hybridized carbons (Fsp3) is 0.333. The van der Waals surface area contributed by atoms with Crippen molar-refractivity contribution in [2.24, 2.45) is 0 Å². The molecule has 1 fully saturated rings. The van der Waals surface area contributed by atoms with Crippen molar-refractivity contribution in [2.75, 3.05) is 18.0 Å². The van der Waals surface area contributed by atoms with Crippen LogP contribution >= 0.6 is 0 Å². The number of likely N-dealkylation sites (tertiary alicyclic amines) is 1. The van der Waals surface area contributed by atoms with E-state index in [9.17, 15) is 9.59 Å². The summed E-state index contributed by atoms with van der Waals surface area (Å²) in [5, 5.41) is 0. The molecule has 5 rings (SSSR count). The van der Waals surface area contributed by atoms with Gasteiger partial charge in [-0.2, -0.15) is 0 Å². The van der Waals surface area contributed by atoms with Gasteiger partial charge in [-0.15, -0.1) is 0 Å². The van der Waals surface area contributed by atoms with Crippen LogP contribution in [-0.2, 0) is 17.6 Å². The first kappa shape index (κ1) is 21.3. The van der Waals surface area contributed by atoms with Gasteiger partial charge in [-0.25, -0.2) is 9.97 Å². The maximum absolute atomic E-state index is 13.2. The zero-order chi connectivity index (χ0) is 22.8. The van der Waals surface area contributed by atoms with E-state index in [0.717, 1.165) is 36.3 Å². The van der Waals surface area contributed by atoms with Crippen LogP contribution in [0.25, 0.3) is 0 Å². The van der Waals surface area contributed by atoms with Crippen molar-refractivity contribution in [1.29, 1.82) is 0 Å². The predicted molar refractivity (Wildman–Crippen MR) is 127 cm³/mol. The Labute approximate surface area is 194 Å². The number of aromatic nitrogens is 2. The fourth-order valence-electron chi connectivity index (χ4n) is 4.89. The first-order valence-corrected chi connectivity index (χ1v) is 11.7. The van der Waals surface area contributed by atoms with Gasteiger partial charge in [0.2, 0.25) is 5.91 Å². The van der Waals surface area contributed by atoms with Crippen LogP contribution in [0, 0.1) is 6.92 Å². The van der Waals surface area contributed by atoms with Crippen molar-refractivity contribution in [3.8, 4) is 0 Å². The summed E-state index contributed by atoms with van der Waals surface area (Å²) in [6, 6.07) is 19.4. The van der Waals surface area contributed by atoms with E-state index < -0.39 is 0 Å². The monoisotopic (exact) mass is 440 g/mol. The highest BCUT2D eigenvalue weighted by Crippen LogP contribution is 2.35. The highest BCUT2D eigenvalue weighted by Gasteiger charge is 2.35. The van der Waals surface area contributed by atoms with Crippen molar-refractivity contribution >= 4 is 17.6 Å². The number of hydrogen-bond acceptors (Lipinski definition) is 4. The molecule has 0 saturated carbocycles. The van der Waals surface area contributed by atoms with Crippen LogP contribution in [0.3, 0.4) is 0 Å². The standard InChI is InChI=1S/C27H28N4O2/c1-19-22-14-15-24(32)31(18-16-20-9-4-2-5-10-20)26(22)29-25(28-19)23-13-8-17-30(23)27(33)21-11-6-3-7-12-21/h2-7,9-12,23H,8,13-18H2,1H3/t23-/m0/s1. The quantitative estimate of drug-likeness (QED) is 0.594. The van der Waals surface area contributed by atoms with Gasteiger partial charge in [-0.05, 0) is 50.3 Å². The van der Waals surface area contributed by atoms with E-state index in [4.69, 9.17) is 9.97 Å². The lowest BCUT2D eigenvalue weighted by atomic mass is 10.0. The SMILES string of the molecule is Cc1nc([C@@H]2CCCN2C(=O)c2ccccc2)nc2c1CCC(=O)N2CCc1ccccc1. The minimum Gasteiger partial charge on any atom is -0.328 e. The second kappa shape index (κ2) is 9.14. The summed E-state index contributed by atoms with van der Waals surface area (Å²) in [6.45, 7) is 3.27. The summed E-state index contributed by atoms with van der Waals surface area (Å²) in [5.41, 5.74) is 3.83. The van der Waals surface area contributed by atoms with Gasteiger partial charge in [0.15, 0.2) is 5.82 Å². The van der Waals surface area contributed by atoms with E-state index in [-0.39, 0.29) is 17.9 Å². The molecule has 0 bridgehead atoms. The van der Waals surface area contributed by atoms with Crippen molar-refractivity contribution < 1.29 is 9.59 Å². The molecular weight excluding hydrogens is 412 g/mol. The molecule has 3 heterocycles. The molecule has 0 unspecified atom stereocenters. The van der Waals surface area contributed by atoms with E-state index in [1.165, 1.54) is 5.56 Å². The lowest BCUT2D eigenvalue weighted by Gasteiger charge is -2.31. The maximum atomic E-state index is 13.2. The average molecular weight is 441 g/mol. The molecule has 168 valence electrons. The lowest BCUT2D eigenvalue weighted by Crippen LogP contribution is -2.39. The molecule has 0 aliphatic carbocycles. The predicted octanol–water partition coefficient (Wildman–Crippen LogP) is 4.28. The van der Waals surface area contributed by atoms with Crippen LogP contribution in [0.2, 0.25) is 0 Å².